The van der Waals surface area contributed by atoms with Crippen LogP contribution in [-0.4, -0.2) is 25.5 Å². The lowest BCUT2D eigenvalue weighted by atomic mass is 10.3. The second-order valence-electron chi connectivity index (χ2n) is 2.86. The van der Waals surface area contributed by atoms with Gasteiger partial charge in [-0.2, -0.15) is 8.42 Å². The van der Waals surface area contributed by atoms with Crippen LogP contribution >= 0.6 is 0 Å². The van der Waals surface area contributed by atoms with Crippen LogP contribution in [0.1, 0.15) is 6.42 Å². The first-order valence-electron chi connectivity index (χ1n) is 4.13. The van der Waals surface area contributed by atoms with Crippen LogP contribution in [0, 0.1) is 0 Å². The van der Waals surface area contributed by atoms with Crippen LogP contribution in [0.5, 0.6) is 0 Å². The fourth-order valence-electron chi connectivity index (χ4n) is 1.23. The Hall–Kier alpha value is -1.76. The van der Waals surface area contributed by atoms with Gasteiger partial charge in [0.15, 0.2) is 0 Å². The SMILES string of the molecule is O=CCC1=NS(=O)(=O)c2ncccc2N1. The first-order chi connectivity index (χ1) is 7.13. The van der Waals surface area contributed by atoms with Gasteiger partial charge in [0.25, 0.3) is 0 Å². The Morgan fingerprint density at radius 3 is 3.00 bits per heavy atom. The molecule has 7 heteroatoms. The number of nitrogens with one attached hydrogen (secondary N) is 1. The second kappa shape index (κ2) is 3.43. The number of anilines is 1. The van der Waals surface area contributed by atoms with E-state index < -0.39 is 10.0 Å². The predicted molar refractivity (Wildman–Crippen MR) is 53.2 cm³/mol. The lowest BCUT2D eigenvalue weighted by molar-refractivity contribution is -0.106. The molecule has 15 heavy (non-hydrogen) atoms. The molecule has 1 aliphatic heterocycles. The van der Waals surface area contributed by atoms with E-state index in [0.717, 1.165) is 0 Å². The molecule has 0 bridgehead atoms. The van der Waals surface area contributed by atoms with Crippen molar-refractivity contribution >= 4 is 27.8 Å². The molecule has 1 aliphatic rings. The molecule has 0 fully saturated rings. The van der Waals surface area contributed by atoms with Crippen molar-refractivity contribution in [3.05, 3.63) is 18.3 Å². The van der Waals surface area contributed by atoms with Crippen LogP contribution < -0.4 is 5.32 Å². The Morgan fingerprint density at radius 1 is 1.47 bits per heavy atom. The third kappa shape index (κ3) is 1.73. The summed E-state index contributed by atoms with van der Waals surface area (Å²) in [5.74, 6) is 0.116. The molecule has 1 N–H and O–H groups in total. The lowest BCUT2D eigenvalue weighted by Gasteiger charge is -2.15. The molecule has 0 unspecified atom stereocenters. The van der Waals surface area contributed by atoms with Crippen molar-refractivity contribution in [3.63, 3.8) is 0 Å². The molecular weight excluding hydrogens is 218 g/mol. The molecule has 2 rings (SSSR count). The van der Waals surface area contributed by atoms with Gasteiger partial charge in [-0.1, -0.05) is 0 Å². The topological polar surface area (TPSA) is 88.5 Å². The minimum absolute atomic E-state index is 0.0619. The Morgan fingerprint density at radius 2 is 2.27 bits per heavy atom. The molecule has 1 aromatic heterocycles. The number of nitrogens with zero attached hydrogens (tertiary/aromatic N) is 2. The van der Waals surface area contributed by atoms with E-state index in [1.54, 1.807) is 12.1 Å². The fourth-order valence-corrected chi connectivity index (χ4v) is 2.31. The molecular formula is C8H7N3O3S. The van der Waals surface area contributed by atoms with E-state index in [0.29, 0.717) is 12.0 Å². The van der Waals surface area contributed by atoms with Gasteiger partial charge in [0, 0.05) is 6.20 Å². The summed E-state index contributed by atoms with van der Waals surface area (Å²) in [5, 5.41) is 2.62. The molecule has 0 saturated heterocycles. The van der Waals surface area contributed by atoms with Crippen molar-refractivity contribution in [2.75, 3.05) is 5.32 Å². The monoisotopic (exact) mass is 225 g/mol. The maximum Gasteiger partial charge on any atom is 0.303 e. The summed E-state index contributed by atoms with van der Waals surface area (Å²) in [6, 6.07) is 3.17. The number of aromatic nitrogens is 1. The zero-order chi connectivity index (χ0) is 10.9. The van der Waals surface area contributed by atoms with Gasteiger partial charge in [-0.25, -0.2) is 4.98 Å². The molecule has 0 aromatic carbocycles. The molecule has 78 valence electrons. The summed E-state index contributed by atoms with van der Waals surface area (Å²) in [5.41, 5.74) is 0.351. The normalized spacial score (nSPS) is 17.2. The predicted octanol–water partition coefficient (Wildman–Crippen LogP) is 0.183. The lowest BCUT2D eigenvalue weighted by Crippen LogP contribution is -2.22. The number of carbonyl (C=O) groups excluding carboxylic acids is 1. The summed E-state index contributed by atoms with van der Waals surface area (Å²) in [6.45, 7) is 0. The highest BCUT2D eigenvalue weighted by Crippen LogP contribution is 2.24. The van der Waals surface area contributed by atoms with Crippen molar-refractivity contribution < 1.29 is 13.2 Å². The van der Waals surface area contributed by atoms with E-state index in [9.17, 15) is 13.2 Å². The number of aldehydes is 1. The smallest absolute Gasteiger partial charge is 0.303 e. The van der Waals surface area contributed by atoms with Crippen molar-refractivity contribution in [1.29, 1.82) is 0 Å². The summed E-state index contributed by atoms with van der Waals surface area (Å²) in [7, 11) is -3.76. The van der Waals surface area contributed by atoms with Crippen LogP contribution in [0.4, 0.5) is 5.69 Å². The number of hydrogen-bond donors (Lipinski definition) is 1. The van der Waals surface area contributed by atoms with E-state index in [4.69, 9.17) is 0 Å². The summed E-state index contributed by atoms with van der Waals surface area (Å²) >= 11 is 0. The maximum atomic E-state index is 11.6. The number of rotatable bonds is 2. The highest BCUT2D eigenvalue weighted by atomic mass is 32.2. The third-order valence-electron chi connectivity index (χ3n) is 1.80. The van der Waals surface area contributed by atoms with Crippen LogP contribution in [0.15, 0.2) is 27.8 Å². The minimum atomic E-state index is -3.76. The van der Waals surface area contributed by atoms with Gasteiger partial charge in [0.2, 0.25) is 5.03 Å². The van der Waals surface area contributed by atoms with Gasteiger partial charge in [-0.05, 0) is 12.1 Å². The molecule has 0 amide bonds. The molecule has 0 radical (unpaired) electrons. The van der Waals surface area contributed by atoms with Crippen LogP contribution in [0.3, 0.4) is 0 Å². The van der Waals surface area contributed by atoms with Gasteiger partial charge < -0.3 is 10.1 Å². The summed E-state index contributed by atoms with van der Waals surface area (Å²) < 4.78 is 26.5. The van der Waals surface area contributed by atoms with E-state index >= 15 is 0 Å². The van der Waals surface area contributed by atoms with Crippen molar-refractivity contribution in [3.8, 4) is 0 Å². The second-order valence-corrected chi connectivity index (χ2v) is 4.38. The zero-order valence-electron chi connectivity index (χ0n) is 7.54. The largest absolute Gasteiger partial charge is 0.340 e. The van der Waals surface area contributed by atoms with E-state index in [1.807, 2.05) is 0 Å². The number of amidine groups is 1. The Labute approximate surface area is 86.1 Å². The van der Waals surface area contributed by atoms with Crippen LogP contribution in [0.2, 0.25) is 0 Å². The van der Waals surface area contributed by atoms with Gasteiger partial charge in [0.1, 0.15) is 12.1 Å². The Kier molecular flexibility index (Phi) is 2.24. The van der Waals surface area contributed by atoms with Crippen LogP contribution in [0.25, 0.3) is 0 Å². The summed E-state index contributed by atoms with van der Waals surface area (Å²) in [4.78, 5) is 14.0. The molecule has 2 heterocycles. The van der Waals surface area contributed by atoms with E-state index in [1.165, 1.54) is 6.20 Å². The first kappa shape index (κ1) is 9.78. The standard InChI is InChI=1S/C8H7N3O3S/c12-5-3-7-10-6-2-1-4-9-8(6)15(13,14)11-7/h1-2,4-5H,3H2,(H,10,11). The average Bonchev–Trinajstić information content (AvgIpc) is 2.17. The van der Waals surface area contributed by atoms with Crippen molar-refractivity contribution in [2.24, 2.45) is 4.40 Å². The number of pyridine rings is 1. The van der Waals surface area contributed by atoms with Crippen molar-refractivity contribution in [2.45, 2.75) is 11.4 Å². The van der Waals surface area contributed by atoms with Crippen molar-refractivity contribution in [1.82, 2.24) is 4.98 Å². The van der Waals surface area contributed by atoms with Crippen LogP contribution in [-0.2, 0) is 14.8 Å². The molecule has 0 spiro atoms. The van der Waals surface area contributed by atoms with Gasteiger partial charge >= 0.3 is 10.0 Å². The molecule has 0 saturated carbocycles. The summed E-state index contributed by atoms with van der Waals surface area (Å²) in [6.07, 6.45) is 1.90. The number of sulfonamides is 1. The zero-order valence-corrected chi connectivity index (χ0v) is 8.36. The first-order valence-corrected chi connectivity index (χ1v) is 5.57. The quantitative estimate of drug-likeness (QED) is 0.725. The highest BCUT2D eigenvalue weighted by Gasteiger charge is 2.25. The molecule has 0 atom stereocenters. The highest BCUT2D eigenvalue weighted by molar-refractivity contribution is 7.90. The fraction of sp³-hybridized carbons (Fsp3) is 0.125. The average molecular weight is 225 g/mol. The third-order valence-corrected chi connectivity index (χ3v) is 3.08. The molecule has 6 nitrogen and oxygen atoms in total. The van der Waals surface area contributed by atoms with Gasteiger partial charge in [0.05, 0.1) is 12.1 Å². The molecule has 0 aliphatic carbocycles. The maximum absolute atomic E-state index is 11.6. The Bertz CT molecular complexity index is 536. The van der Waals surface area contributed by atoms with E-state index in [-0.39, 0.29) is 17.3 Å². The number of fused-ring (bicyclic) bond motifs is 1. The molecule has 1 aromatic rings. The van der Waals surface area contributed by atoms with Gasteiger partial charge in [-0.3, -0.25) is 0 Å². The van der Waals surface area contributed by atoms with Gasteiger partial charge in [-0.15, -0.1) is 4.40 Å². The minimum Gasteiger partial charge on any atom is -0.340 e. The number of carbonyl (C=O) groups is 1. The number of hydrogen-bond acceptors (Lipinski definition) is 5. The van der Waals surface area contributed by atoms with E-state index in [2.05, 4.69) is 14.7 Å². The Balaban J connectivity index is 2.54.